The van der Waals surface area contributed by atoms with Crippen LogP contribution in [0.25, 0.3) is 0 Å². The summed E-state index contributed by atoms with van der Waals surface area (Å²) in [5.41, 5.74) is 2.60. The Labute approximate surface area is 162 Å². The molecule has 0 atom stereocenters. The molecule has 0 saturated heterocycles. The van der Waals surface area contributed by atoms with Gasteiger partial charge in [0.15, 0.2) is 0 Å². The minimum atomic E-state index is -2.89. The van der Waals surface area contributed by atoms with Gasteiger partial charge in [0.2, 0.25) is 0 Å². The SMILES string of the molecule is CC(C)(C)c1ccc(OP(=S)(NN)Oc2ccc(C(C)(C)C)cc2)cc1. The number of nitrogens with two attached hydrogens (primary N) is 1. The molecule has 0 aliphatic rings. The molecule has 0 bridgehead atoms. The lowest BCUT2D eigenvalue weighted by atomic mass is 9.87. The Morgan fingerprint density at radius 1 is 0.731 bits per heavy atom. The van der Waals surface area contributed by atoms with Crippen molar-refractivity contribution < 1.29 is 9.05 Å². The molecule has 0 aromatic heterocycles. The third-order valence-corrected chi connectivity index (χ3v) is 6.03. The van der Waals surface area contributed by atoms with E-state index in [1.54, 1.807) is 0 Å². The van der Waals surface area contributed by atoms with Crippen LogP contribution in [0.15, 0.2) is 48.5 Å². The van der Waals surface area contributed by atoms with Crippen molar-refractivity contribution in [2.24, 2.45) is 5.84 Å². The molecular formula is C20H29N2O2PS. The van der Waals surface area contributed by atoms with Gasteiger partial charge < -0.3 is 9.05 Å². The molecule has 142 valence electrons. The van der Waals surface area contributed by atoms with Crippen LogP contribution in [0.3, 0.4) is 0 Å². The van der Waals surface area contributed by atoms with Crippen molar-refractivity contribution in [3.63, 3.8) is 0 Å². The second kappa shape index (κ2) is 7.69. The minimum Gasteiger partial charge on any atom is -0.424 e. The van der Waals surface area contributed by atoms with E-state index in [0.717, 1.165) is 0 Å². The van der Waals surface area contributed by atoms with Crippen LogP contribution >= 0.6 is 6.64 Å². The quantitative estimate of drug-likeness (QED) is 0.404. The van der Waals surface area contributed by atoms with Gasteiger partial charge in [-0.25, -0.2) is 0 Å². The highest BCUT2D eigenvalue weighted by Gasteiger charge is 2.22. The van der Waals surface area contributed by atoms with E-state index in [1.165, 1.54) is 11.1 Å². The fourth-order valence-electron chi connectivity index (χ4n) is 2.38. The normalized spacial score (nSPS) is 12.7. The van der Waals surface area contributed by atoms with E-state index in [2.05, 4.69) is 46.7 Å². The molecule has 0 aliphatic carbocycles. The molecular weight excluding hydrogens is 363 g/mol. The largest absolute Gasteiger partial charge is 0.424 e. The zero-order valence-corrected chi connectivity index (χ0v) is 18.1. The zero-order valence-electron chi connectivity index (χ0n) is 16.4. The molecule has 0 fully saturated rings. The van der Waals surface area contributed by atoms with Gasteiger partial charge in [0, 0.05) is 11.8 Å². The van der Waals surface area contributed by atoms with E-state index in [4.69, 9.17) is 26.7 Å². The monoisotopic (exact) mass is 392 g/mol. The van der Waals surface area contributed by atoms with Gasteiger partial charge in [-0.2, -0.15) is 5.20 Å². The molecule has 26 heavy (non-hydrogen) atoms. The summed E-state index contributed by atoms with van der Waals surface area (Å²) in [5, 5.41) is 2.55. The summed E-state index contributed by atoms with van der Waals surface area (Å²) < 4.78 is 11.8. The number of nitrogens with one attached hydrogen (secondary N) is 1. The van der Waals surface area contributed by atoms with Crippen LogP contribution in [0, 0.1) is 0 Å². The minimum absolute atomic E-state index is 0.0795. The highest BCUT2D eigenvalue weighted by atomic mass is 32.5. The van der Waals surface area contributed by atoms with E-state index in [0.29, 0.717) is 11.5 Å². The van der Waals surface area contributed by atoms with E-state index in [9.17, 15) is 0 Å². The fraction of sp³-hybridized carbons (Fsp3) is 0.400. The number of hydrazine groups is 1. The molecule has 2 rings (SSSR count). The van der Waals surface area contributed by atoms with Crippen molar-refractivity contribution in [1.29, 1.82) is 0 Å². The first-order valence-electron chi connectivity index (χ1n) is 8.61. The second-order valence-corrected chi connectivity index (χ2v) is 11.4. The molecule has 0 heterocycles. The van der Waals surface area contributed by atoms with Gasteiger partial charge in [-0.3, -0.25) is 5.84 Å². The maximum Gasteiger partial charge on any atom is 0.378 e. The second-order valence-electron chi connectivity index (χ2n) is 8.36. The van der Waals surface area contributed by atoms with Crippen LogP contribution in [-0.4, -0.2) is 0 Å². The average Bonchev–Trinajstić information content (AvgIpc) is 2.54. The molecule has 3 N–H and O–H groups in total. The Balaban J connectivity index is 2.14. The number of benzene rings is 2. The molecule has 4 nitrogen and oxygen atoms in total. The first kappa shape index (κ1) is 20.9. The number of hydrogen-bond donors (Lipinski definition) is 2. The van der Waals surface area contributed by atoms with Crippen molar-refractivity contribution in [3.05, 3.63) is 59.7 Å². The summed E-state index contributed by atoms with van der Waals surface area (Å²) in [4.78, 5) is 0. The van der Waals surface area contributed by atoms with Gasteiger partial charge >= 0.3 is 6.64 Å². The van der Waals surface area contributed by atoms with Gasteiger partial charge in [-0.15, -0.1) is 0 Å². The van der Waals surface area contributed by atoms with Gasteiger partial charge in [-0.1, -0.05) is 65.8 Å². The number of rotatable bonds is 5. The third kappa shape index (κ3) is 5.55. The van der Waals surface area contributed by atoms with Gasteiger partial charge in [0.05, 0.1) is 0 Å². The van der Waals surface area contributed by atoms with Crippen LogP contribution in [0.2, 0.25) is 0 Å². The molecule has 0 spiro atoms. The Hall–Kier alpha value is -1.39. The molecule has 2 aromatic rings. The maximum absolute atomic E-state index is 5.89. The van der Waals surface area contributed by atoms with Crippen molar-refractivity contribution in [1.82, 2.24) is 5.20 Å². The fourth-order valence-corrected chi connectivity index (χ4v) is 3.84. The lowest BCUT2D eigenvalue weighted by molar-refractivity contribution is 0.470. The van der Waals surface area contributed by atoms with Gasteiger partial charge in [-0.05, 0) is 46.2 Å². The van der Waals surface area contributed by atoms with Gasteiger partial charge in [0.1, 0.15) is 11.5 Å². The zero-order chi connectivity index (χ0) is 19.6. The summed E-state index contributed by atoms with van der Waals surface area (Å²) in [7, 11) is 0. The lowest BCUT2D eigenvalue weighted by Gasteiger charge is -2.24. The summed E-state index contributed by atoms with van der Waals surface area (Å²) in [5.74, 6) is 6.91. The van der Waals surface area contributed by atoms with Gasteiger partial charge in [0.25, 0.3) is 0 Å². The van der Waals surface area contributed by atoms with Crippen LogP contribution < -0.4 is 20.1 Å². The maximum atomic E-state index is 5.89. The average molecular weight is 393 g/mol. The first-order valence-corrected chi connectivity index (χ1v) is 11.2. The van der Waals surface area contributed by atoms with Crippen LogP contribution in [-0.2, 0) is 22.6 Å². The molecule has 0 radical (unpaired) electrons. The van der Waals surface area contributed by atoms with E-state index < -0.39 is 6.64 Å². The van der Waals surface area contributed by atoms with Crippen molar-refractivity contribution in [2.75, 3.05) is 0 Å². The summed E-state index contributed by atoms with van der Waals surface area (Å²) in [6, 6.07) is 15.7. The van der Waals surface area contributed by atoms with Crippen molar-refractivity contribution in [2.45, 2.75) is 52.4 Å². The molecule has 0 amide bonds. The molecule has 2 aromatic carbocycles. The Bertz CT molecular complexity index is 712. The standard InChI is InChI=1S/C20H29N2O2PS/c1-19(2,3)15-7-11-17(12-8-15)23-25(26,22-21)24-18-13-9-16(10-14-18)20(4,5)6/h7-14H,21H2,1-6H3,(H,22,26). The highest BCUT2D eigenvalue weighted by molar-refractivity contribution is 8.09. The van der Waals surface area contributed by atoms with Crippen LogP contribution in [0.5, 0.6) is 11.5 Å². The van der Waals surface area contributed by atoms with Crippen LogP contribution in [0.4, 0.5) is 0 Å². The number of hydrogen-bond acceptors (Lipinski definition) is 4. The Morgan fingerprint density at radius 3 is 1.27 bits per heavy atom. The van der Waals surface area contributed by atoms with Crippen LogP contribution in [0.1, 0.15) is 52.7 Å². The summed E-state index contributed by atoms with van der Waals surface area (Å²) in [6.07, 6.45) is 0. The topological polar surface area (TPSA) is 56.5 Å². The lowest BCUT2D eigenvalue weighted by Crippen LogP contribution is -2.24. The summed E-state index contributed by atoms with van der Waals surface area (Å²) in [6.45, 7) is 10.1. The molecule has 0 saturated carbocycles. The van der Waals surface area contributed by atoms with E-state index >= 15 is 0 Å². The smallest absolute Gasteiger partial charge is 0.378 e. The summed E-state index contributed by atoms with van der Waals surface area (Å²) >= 11 is 5.51. The predicted octanol–water partition coefficient (Wildman–Crippen LogP) is 5.43. The predicted molar refractivity (Wildman–Crippen MR) is 113 cm³/mol. The highest BCUT2D eigenvalue weighted by Crippen LogP contribution is 2.44. The Kier molecular flexibility index (Phi) is 6.19. The first-order chi connectivity index (χ1) is 11.9. The third-order valence-electron chi connectivity index (χ3n) is 4.05. The van der Waals surface area contributed by atoms with E-state index in [1.807, 2.05) is 48.5 Å². The Morgan fingerprint density at radius 2 is 1.04 bits per heavy atom. The molecule has 0 unspecified atom stereocenters. The molecule has 0 aliphatic heterocycles. The van der Waals surface area contributed by atoms with E-state index in [-0.39, 0.29) is 10.8 Å². The van der Waals surface area contributed by atoms with Crippen molar-refractivity contribution in [3.8, 4) is 11.5 Å². The van der Waals surface area contributed by atoms with Crippen molar-refractivity contribution >= 4 is 18.4 Å². The molecule has 6 heteroatoms.